The van der Waals surface area contributed by atoms with Gasteiger partial charge < -0.3 is 16.0 Å². The summed E-state index contributed by atoms with van der Waals surface area (Å²) in [4.78, 5) is 13.0. The van der Waals surface area contributed by atoms with Gasteiger partial charge in [-0.1, -0.05) is 11.6 Å². The molecule has 1 aliphatic heterocycles. The van der Waals surface area contributed by atoms with Gasteiger partial charge in [0.1, 0.15) is 23.8 Å². The van der Waals surface area contributed by atoms with Crippen molar-refractivity contribution in [2.45, 2.75) is 18.9 Å². The Morgan fingerprint density at radius 2 is 1.96 bits per heavy atom. The Hall–Kier alpha value is -2.51. The fourth-order valence-corrected chi connectivity index (χ4v) is 3.20. The van der Waals surface area contributed by atoms with Crippen molar-refractivity contribution in [2.75, 3.05) is 23.7 Å². The van der Waals surface area contributed by atoms with E-state index in [9.17, 15) is 4.39 Å². The van der Waals surface area contributed by atoms with Crippen molar-refractivity contribution < 1.29 is 4.39 Å². The molecule has 1 saturated heterocycles. The normalized spacial score (nSPS) is 15.2. The lowest BCUT2D eigenvalue weighted by Gasteiger charge is -2.24. The molecule has 1 aromatic carbocycles. The van der Waals surface area contributed by atoms with E-state index in [1.54, 1.807) is 12.3 Å². The number of nitrogens with one attached hydrogen (secondary N) is 3. The first-order chi connectivity index (χ1) is 12.7. The summed E-state index contributed by atoms with van der Waals surface area (Å²) in [5.41, 5.74) is 1.38. The molecule has 0 amide bonds. The minimum atomic E-state index is -0.456. The lowest BCUT2D eigenvalue weighted by molar-refractivity contribution is 0.478. The summed E-state index contributed by atoms with van der Waals surface area (Å²) in [6, 6.07) is 6.80. The maximum absolute atomic E-state index is 13.4. The molecule has 4 rings (SSSR count). The quantitative estimate of drug-likeness (QED) is 0.648. The number of nitrogens with zero attached hydrogens (tertiary/aromatic N) is 3. The highest BCUT2D eigenvalue weighted by molar-refractivity contribution is 6.31. The van der Waals surface area contributed by atoms with Gasteiger partial charge in [-0.05, 0) is 50.2 Å². The molecule has 0 atom stereocenters. The number of piperidine rings is 1. The average Bonchev–Trinajstić information content (AvgIpc) is 2.66. The van der Waals surface area contributed by atoms with Crippen molar-refractivity contribution in [3.05, 3.63) is 47.6 Å². The number of anilines is 3. The van der Waals surface area contributed by atoms with Gasteiger partial charge in [0.2, 0.25) is 0 Å². The van der Waals surface area contributed by atoms with Crippen LogP contribution in [-0.4, -0.2) is 34.1 Å². The summed E-state index contributed by atoms with van der Waals surface area (Å²) in [5.74, 6) is 0.954. The zero-order valence-corrected chi connectivity index (χ0v) is 14.7. The van der Waals surface area contributed by atoms with Crippen molar-refractivity contribution >= 4 is 39.8 Å². The first-order valence-electron chi connectivity index (χ1n) is 8.49. The van der Waals surface area contributed by atoms with E-state index in [0.29, 0.717) is 17.5 Å². The molecule has 2 aromatic heterocycles. The molecule has 3 N–H and O–H groups in total. The molecule has 26 heavy (non-hydrogen) atoms. The Kier molecular flexibility index (Phi) is 4.81. The Balaban J connectivity index is 1.63. The van der Waals surface area contributed by atoms with Gasteiger partial charge in [-0.15, -0.1) is 0 Å². The second kappa shape index (κ2) is 7.39. The van der Waals surface area contributed by atoms with Gasteiger partial charge in [-0.25, -0.2) is 19.3 Å². The van der Waals surface area contributed by atoms with Gasteiger partial charge >= 0.3 is 0 Å². The summed E-state index contributed by atoms with van der Waals surface area (Å²) in [6.45, 7) is 2.01. The van der Waals surface area contributed by atoms with Crippen LogP contribution in [0.1, 0.15) is 12.8 Å². The number of halogens is 2. The van der Waals surface area contributed by atoms with Crippen LogP contribution in [0.15, 0.2) is 36.8 Å². The number of hydrogen-bond acceptors (Lipinski definition) is 6. The van der Waals surface area contributed by atoms with E-state index in [1.807, 2.05) is 6.07 Å². The molecule has 0 aliphatic carbocycles. The largest absolute Gasteiger partial charge is 0.367 e. The summed E-state index contributed by atoms with van der Waals surface area (Å²) in [5, 5.41) is 10.9. The van der Waals surface area contributed by atoms with E-state index < -0.39 is 5.82 Å². The fourth-order valence-electron chi connectivity index (χ4n) is 3.02. The van der Waals surface area contributed by atoms with Crippen molar-refractivity contribution in [3.63, 3.8) is 0 Å². The zero-order chi connectivity index (χ0) is 17.9. The van der Waals surface area contributed by atoms with Crippen LogP contribution in [0.2, 0.25) is 5.02 Å². The molecule has 0 radical (unpaired) electrons. The van der Waals surface area contributed by atoms with Crippen LogP contribution < -0.4 is 16.0 Å². The molecular formula is C18H18ClFN6. The van der Waals surface area contributed by atoms with Crippen molar-refractivity contribution in [1.82, 2.24) is 20.3 Å². The summed E-state index contributed by atoms with van der Waals surface area (Å²) in [6.07, 6.45) is 5.31. The molecule has 0 unspecified atom stereocenters. The highest BCUT2D eigenvalue weighted by Crippen LogP contribution is 2.27. The Morgan fingerprint density at radius 3 is 2.77 bits per heavy atom. The maximum Gasteiger partial charge on any atom is 0.141 e. The smallest absolute Gasteiger partial charge is 0.141 e. The number of hydrogen-bond donors (Lipinski definition) is 3. The van der Waals surface area contributed by atoms with Gasteiger partial charge in [0, 0.05) is 17.1 Å². The average molecular weight is 373 g/mol. The molecule has 1 aliphatic rings. The molecule has 8 heteroatoms. The number of fused-ring (bicyclic) bond motifs is 1. The predicted molar refractivity (Wildman–Crippen MR) is 102 cm³/mol. The standard InChI is InChI=1S/C18H18ClFN6/c19-14-7-12(1-2-15(14)20)26-18-13-8-17(22-9-16(13)23-10-24-18)25-11-3-5-21-6-4-11/h1-2,7-11,21H,3-6H2,(H,22,25)(H,23,24,26). The van der Waals surface area contributed by atoms with Gasteiger partial charge in [0.05, 0.1) is 16.7 Å². The summed E-state index contributed by atoms with van der Waals surface area (Å²) in [7, 11) is 0. The fraction of sp³-hybridized carbons (Fsp3) is 0.278. The highest BCUT2D eigenvalue weighted by Gasteiger charge is 2.14. The molecule has 1 fully saturated rings. The van der Waals surface area contributed by atoms with E-state index in [1.165, 1.54) is 18.5 Å². The molecule has 6 nitrogen and oxygen atoms in total. The van der Waals surface area contributed by atoms with E-state index in [4.69, 9.17) is 11.6 Å². The third kappa shape index (κ3) is 3.68. The van der Waals surface area contributed by atoms with Gasteiger partial charge in [-0.3, -0.25) is 0 Å². The predicted octanol–water partition coefficient (Wildman–Crippen LogP) is 3.72. The van der Waals surface area contributed by atoms with Crippen molar-refractivity contribution in [2.24, 2.45) is 0 Å². The number of rotatable bonds is 4. The minimum Gasteiger partial charge on any atom is -0.367 e. The number of aromatic nitrogens is 3. The Morgan fingerprint density at radius 1 is 1.12 bits per heavy atom. The van der Waals surface area contributed by atoms with E-state index in [-0.39, 0.29) is 5.02 Å². The molecule has 3 aromatic rings. The third-order valence-corrected chi connectivity index (χ3v) is 4.68. The first-order valence-corrected chi connectivity index (χ1v) is 8.87. The van der Waals surface area contributed by atoms with E-state index >= 15 is 0 Å². The minimum absolute atomic E-state index is 0.0586. The molecular weight excluding hydrogens is 355 g/mol. The summed E-state index contributed by atoms with van der Waals surface area (Å²) >= 11 is 5.86. The Bertz CT molecular complexity index is 929. The topological polar surface area (TPSA) is 74.8 Å². The van der Waals surface area contributed by atoms with Crippen LogP contribution in [0.4, 0.5) is 21.7 Å². The molecule has 0 saturated carbocycles. The molecule has 0 spiro atoms. The zero-order valence-electron chi connectivity index (χ0n) is 14.0. The van der Waals surface area contributed by atoms with E-state index in [0.717, 1.165) is 42.7 Å². The van der Waals surface area contributed by atoms with Crippen LogP contribution in [0.3, 0.4) is 0 Å². The second-order valence-electron chi connectivity index (χ2n) is 6.23. The van der Waals surface area contributed by atoms with Crippen LogP contribution in [0.25, 0.3) is 10.9 Å². The number of pyridine rings is 1. The van der Waals surface area contributed by atoms with Gasteiger partial charge in [0.15, 0.2) is 0 Å². The first kappa shape index (κ1) is 16.9. The monoisotopic (exact) mass is 372 g/mol. The molecule has 0 bridgehead atoms. The second-order valence-corrected chi connectivity index (χ2v) is 6.64. The third-order valence-electron chi connectivity index (χ3n) is 4.40. The number of benzene rings is 1. The SMILES string of the molecule is Fc1ccc(Nc2ncnc3cnc(NC4CCNCC4)cc23)cc1Cl. The van der Waals surface area contributed by atoms with Crippen molar-refractivity contribution in [3.8, 4) is 0 Å². The van der Waals surface area contributed by atoms with Crippen molar-refractivity contribution in [1.29, 1.82) is 0 Å². The van der Waals surface area contributed by atoms with Gasteiger partial charge in [-0.2, -0.15) is 0 Å². The molecule has 134 valence electrons. The van der Waals surface area contributed by atoms with Gasteiger partial charge in [0.25, 0.3) is 0 Å². The highest BCUT2D eigenvalue weighted by atomic mass is 35.5. The van der Waals surface area contributed by atoms with Crippen LogP contribution >= 0.6 is 11.6 Å². The summed E-state index contributed by atoms with van der Waals surface area (Å²) < 4.78 is 13.4. The lowest BCUT2D eigenvalue weighted by Crippen LogP contribution is -2.35. The maximum atomic E-state index is 13.4. The lowest BCUT2D eigenvalue weighted by atomic mass is 10.1. The van der Waals surface area contributed by atoms with Crippen LogP contribution in [0.5, 0.6) is 0 Å². The van der Waals surface area contributed by atoms with Crippen LogP contribution in [-0.2, 0) is 0 Å². The Labute approximate surface area is 155 Å². The van der Waals surface area contributed by atoms with Crippen LogP contribution in [0, 0.1) is 5.82 Å². The van der Waals surface area contributed by atoms with E-state index in [2.05, 4.69) is 30.9 Å². The molecule has 3 heterocycles.